The lowest BCUT2D eigenvalue weighted by Gasteiger charge is -2.36. The minimum absolute atomic E-state index is 0.233. The monoisotopic (exact) mass is 381 g/mol. The van der Waals surface area contributed by atoms with Crippen molar-refractivity contribution in [3.63, 3.8) is 0 Å². The van der Waals surface area contributed by atoms with Gasteiger partial charge in [-0.3, -0.25) is 4.98 Å². The van der Waals surface area contributed by atoms with Gasteiger partial charge in [-0.1, -0.05) is 20.8 Å². The molecule has 0 fully saturated rings. The highest BCUT2D eigenvalue weighted by atomic mass is 79.9. The summed E-state index contributed by atoms with van der Waals surface area (Å²) in [6.07, 6.45) is 3.59. The Hall–Kier alpha value is -0.983. The zero-order chi connectivity index (χ0) is 16.4. The number of nitrogens with one attached hydrogen (secondary N) is 1. The van der Waals surface area contributed by atoms with Crippen LogP contribution in [0.5, 0.6) is 0 Å². The van der Waals surface area contributed by atoms with Crippen LogP contribution in [0.15, 0.2) is 29.0 Å². The molecule has 0 bridgehead atoms. The second-order valence-electron chi connectivity index (χ2n) is 6.89. The molecule has 1 N–H and O–H groups in total. The zero-order valence-electron chi connectivity index (χ0n) is 13.9. The van der Waals surface area contributed by atoms with Crippen molar-refractivity contribution in [3.8, 4) is 0 Å². The Labute approximate surface area is 142 Å². The number of halogens is 1. The lowest BCUT2D eigenvalue weighted by molar-refractivity contribution is 0.301. The van der Waals surface area contributed by atoms with Crippen LogP contribution in [0.25, 0.3) is 10.9 Å². The van der Waals surface area contributed by atoms with Crippen LogP contribution in [-0.4, -0.2) is 31.4 Å². The van der Waals surface area contributed by atoms with Crippen LogP contribution >= 0.6 is 15.9 Å². The number of fused-ring (bicyclic) bond motifs is 1. The fraction of sp³-hybridized carbons (Fsp3) is 0.500. The molecule has 0 aliphatic carbocycles. The predicted octanol–water partition coefficient (Wildman–Crippen LogP) is 4.83. The average Bonchev–Trinajstić information content (AvgIpc) is 2.45. The predicted molar refractivity (Wildman–Crippen MR) is 98.9 cm³/mol. The van der Waals surface area contributed by atoms with Gasteiger partial charge in [0.15, 0.2) is 14.1 Å². The molecule has 0 unspecified atom stereocenters. The van der Waals surface area contributed by atoms with Gasteiger partial charge in [-0.15, -0.1) is 0 Å². The fourth-order valence-electron chi connectivity index (χ4n) is 1.86. The van der Waals surface area contributed by atoms with Crippen molar-refractivity contribution in [3.05, 3.63) is 29.0 Å². The molecule has 0 saturated carbocycles. The molecule has 2 rings (SSSR count). The number of hydrogen-bond donors (Lipinski definition) is 1. The zero-order valence-corrected chi connectivity index (χ0v) is 16.5. The summed E-state index contributed by atoms with van der Waals surface area (Å²) < 4.78 is 7.13. The van der Waals surface area contributed by atoms with Crippen molar-refractivity contribution >= 4 is 41.0 Å². The smallest absolute Gasteiger partial charge is 0.192 e. The molecule has 0 aromatic carbocycles. The number of pyridine rings is 2. The highest BCUT2D eigenvalue weighted by Crippen LogP contribution is 2.36. The summed E-state index contributed by atoms with van der Waals surface area (Å²) >= 11 is 3.51. The molecule has 0 spiro atoms. The van der Waals surface area contributed by atoms with E-state index in [0.29, 0.717) is 6.61 Å². The van der Waals surface area contributed by atoms with Crippen molar-refractivity contribution in [2.45, 2.75) is 38.9 Å². The van der Waals surface area contributed by atoms with E-state index in [0.717, 1.165) is 27.7 Å². The number of aromatic nitrogens is 2. The molecule has 0 aliphatic rings. The van der Waals surface area contributed by atoms with Gasteiger partial charge < -0.3 is 9.74 Å². The molecule has 2 aromatic heterocycles. The minimum atomic E-state index is -1.69. The summed E-state index contributed by atoms with van der Waals surface area (Å²) in [4.78, 5) is 8.85. The number of anilines is 1. The first-order chi connectivity index (χ1) is 10.2. The largest absolute Gasteiger partial charge is 0.415 e. The van der Waals surface area contributed by atoms with E-state index in [-0.39, 0.29) is 5.04 Å². The summed E-state index contributed by atoms with van der Waals surface area (Å²) in [7, 11) is -1.69. The third-order valence-corrected chi connectivity index (χ3v) is 9.43. The number of nitrogens with zero attached hydrogens (tertiary/aromatic N) is 2. The van der Waals surface area contributed by atoms with Gasteiger partial charge in [-0.25, -0.2) is 4.98 Å². The Morgan fingerprint density at radius 2 is 2.00 bits per heavy atom. The normalized spacial score (nSPS) is 12.6. The van der Waals surface area contributed by atoms with E-state index in [9.17, 15) is 0 Å². The molecular weight excluding hydrogens is 358 g/mol. The summed E-state index contributed by atoms with van der Waals surface area (Å²) in [6.45, 7) is 12.7. The van der Waals surface area contributed by atoms with E-state index in [2.05, 4.69) is 65.1 Å². The molecule has 120 valence electrons. The van der Waals surface area contributed by atoms with Crippen molar-refractivity contribution in [1.82, 2.24) is 9.97 Å². The van der Waals surface area contributed by atoms with E-state index in [1.807, 2.05) is 12.1 Å². The van der Waals surface area contributed by atoms with Gasteiger partial charge in [-0.05, 0) is 46.2 Å². The second-order valence-corrected chi connectivity index (χ2v) is 12.6. The molecule has 2 heterocycles. The van der Waals surface area contributed by atoms with Crippen LogP contribution in [0.3, 0.4) is 0 Å². The van der Waals surface area contributed by atoms with Crippen LogP contribution in [0.4, 0.5) is 5.82 Å². The molecular formula is C16H24BrN3OSi. The third kappa shape index (κ3) is 3.85. The minimum Gasteiger partial charge on any atom is -0.415 e. The van der Waals surface area contributed by atoms with Gasteiger partial charge >= 0.3 is 0 Å². The summed E-state index contributed by atoms with van der Waals surface area (Å²) in [6, 6.07) is 3.96. The Bertz CT molecular complexity index is 655. The van der Waals surface area contributed by atoms with E-state index >= 15 is 0 Å². The van der Waals surface area contributed by atoms with Gasteiger partial charge in [0.05, 0.1) is 6.61 Å². The standard InChI is InChI=1S/C16H24BrN3OSi/c1-16(2,3)22(4,5)21-10-9-19-15-14-12(7-6-8-18-14)13(17)11-20-15/h6-8,11H,9-10H2,1-5H3,(H,19,20). The van der Waals surface area contributed by atoms with Crippen LogP contribution in [0.2, 0.25) is 18.1 Å². The SMILES string of the molecule is CC(C)(C)[Si](C)(C)OCCNc1ncc(Br)c2cccnc12. The molecule has 22 heavy (non-hydrogen) atoms. The average molecular weight is 382 g/mol. The van der Waals surface area contributed by atoms with Crippen LogP contribution in [0.1, 0.15) is 20.8 Å². The van der Waals surface area contributed by atoms with E-state index in [4.69, 9.17) is 4.43 Å². The highest BCUT2D eigenvalue weighted by molar-refractivity contribution is 9.10. The number of rotatable bonds is 5. The molecule has 0 radical (unpaired) electrons. The third-order valence-electron chi connectivity index (χ3n) is 4.26. The van der Waals surface area contributed by atoms with E-state index < -0.39 is 8.32 Å². The molecule has 0 saturated heterocycles. The highest BCUT2D eigenvalue weighted by Gasteiger charge is 2.36. The molecule has 4 nitrogen and oxygen atoms in total. The van der Waals surface area contributed by atoms with E-state index in [1.54, 1.807) is 12.4 Å². The Morgan fingerprint density at radius 1 is 1.27 bits per heavy atom. The molecule has 0 amide bonds. The summed E-state index contributed by atoms with van der Waals surface area (Å²) in [5.41, 5.74) is 0.879. The first-order valence-electron chi connectivity index (χ1n) is 7.49. The summed E-state index contributed by atoms with van der Waals surface area (Å²) in [5, 5.41) is 4.64. The lowest BCUT2D eigenvalue weighted by Crippen LogP contribution is -2.41. The Kier molecular flexibility index (Phi) is 5.24. The fourth-order valence-corrected chi connectivity index (χ4v) is 3.33. The molecule has 2 aromatic rings. The maximum absolute atomic E-state index is 6.17. The Balaban J connectivity index is 2.00. The van der Waals surface area contributed by atoms with Gasteiger partial charge in [-0.2, -0.15) is 0 Å². The van der Waals surface area contributed by atoms with Crippen molar-refractivity contribution in [1.29, 1.82) is 0 Å². The maximum atomic E-state index is 6.17. The maximum Gasteiger partial charge on any atom is 0.192 e. The van der Waals surface area contributed by atoms with Crippen LogP contribution in [-0.2, 0) is 4.43 Å². The second kappa shape index (κ2) is 6.64. The number of hydrogen-bond acceptors (Lipinski definition) is 4. The van der Waals surface area contributed by atoms with Gasteiger partial charge in [0.1, 0.15) is 5.52 Å². The van der Waals surface area contributed by atoms with Gasteiger partial charge in [0, 0.05) is 28.8 Å². The quantitative estimate of drug-likeness (QED) is 0.595. The first kappa shape index (κ1) is 17.4. The van der Waals surface area contributed by atoms with E-state index in [1.165, 1.54) is 0 Å². The lowest BCUT2D eigenvalue weighted by atomic mass is 10.2. The molecule has 0 atom stereocenters. The summed E-state index contributed by atoms with van der Waals surface area (Å²) in [5.74, 6) is 0.803. The van der Waals surface area contributed by atoms with Gasteiger partial charge in [0.25, 0.3) is 0 Å². The van der Waals surface area contributed by atoms with Gasteiger partial charge in [0.2, 0.25) is 0 Å². The van der Waals surface area contributed by atoms with Crippen LogP contribution < -0.4 is 5.32 Å². The molecule has 6 heteroatoms. The van der Waals surface area contributed by atoms with Crippen molar-refractivity contribution in [2.75, 3.05) is 18.5 Å². The van der Waals surface area contributed by atoms with Crippen LogP contribution in [0, 0.1) is 0 Å². The molecule has 0 aliphatic heterocycles. The first-order valence-corrected chi connectivity index (χ1v) is 11.2. The Morgan fingerprint density at radius 3 is 2.68 bits per heavy atom. The topological polar surface area (TPSA) is 47.0 Å². The van der Waals surface area contributed by atoms with Crippen molar-refractivity contribution in [2.24, 2.45) is 0 Å². The van der Waals surface area contributed by atoms with Crippen molar-refractivity contribution < 1.29 is 4.43 Å².